The number of alkyl halides is 1. The maximum atomic E-state index is 12.1. The minimum absolute atomic E-state index is 0.00484. The molecule has 1 unspecified atom stereocenters. The second-order valence-corrected chi connectivity index (χ2v) is 6.64. The molecule has 0 amide bonds. The van der Waals surface area contributed by atoms with Crippen LogP contribution in [-0.4, -0.2) is 41.9 Å². The molecule has 1 saturated carbocycles. The maximum Gasteiger partial charge on any atom is 0.323 e. The van der Waals surface area contributed by atoms with Crippen molar-refractivity contribution in [3.63, 3.8) is 0 Å². The summed E-state index contributed by atoms with van der Waals surface area (Å²) in [6.07, 6.45) is 8.61. The predicted molar refractivity (Wildman–Crippen MR) is 80.5 cm³/mol. The van der Waals surface area contributed by atoms with E-state index in [1.54, 1.807) is 0 Å². The Hall–Kier alpha value is -0.0900. The van der Waals surface area contributed by atoms with E-state index in [4.69, 9.17) is 4.74 Å². The lowest BCUT2D eigenvalue weighted by atomic mass is 9.86. The fourth-order valence-corrected chi connectivity index (χ4v) is 4.31. The number of likely N-dealkylation sites (tertiary alicyclic amines) is 1. The molecule has 1 aliphatic carbocycles. The molecule has 0 aromatic carbocycles. The van der Waals surface area contributed by atoms with Crippen LogP contribution in [0.4, 0.5) is 0 Å². The molecule has 3 nitrogen and oxygen atoms in total. The van der Waals surface area contributed by atoms with E-state index in [-0.39, 0.29) is 12.0 Å². The zero-order valence-electron chi connectivity index (χ0n) is 12.0. The minimum Gasteiger partial charge on any atom is -0.465 e. The van der Waals surface area contributed by atoms with Gasteiger partial charge in [-0.2, -0.15) is 0 Å². The molecule has 2 aliphatic rings. The monoisotopic (exact) mass is 331 g/mol. The number of hydrogen-bond donors (Lipinski definition) is 0. The molecule has 19 heavy (non-hydrogen) atoms. The summed E-state index contributed by atoms with van der Waals surface area (Å²) >= 11 is 3.71. The highest BCUT2D eigenvalue weighted by molar-refractivity contribution is 9.09. The summed E-state index contributed by atoms with van der Waals surface area (Å²) in [6.45, 7) is 4.49. The highest BCUT2D eigenvalue weighted by Gasteiger charge is 2.39. The third-order valence-electron chi connectivity index (χ3n) is 4.66. The number of carbonyl (C=O) groups is 1. The predicted octanol–water partition coefficient (Wildman–Crippen LogP) is 3.36. The van der Waals surface area contributed by atoms with Crippen LogP contribution in [0.15, 0.2) is 0 Å². The van der Waals surface area contributed by atoms with Gasteiger partial charge < -0.3 is 4.74 Å². The zero-order chi connectivity index (χ0) is 13.7. The number of piperidine rings is 1. The van der Waals surface area contributed by atoms with Gasteiger partial charge in [0.1, 0.15) is 6.04 Å². The molecule has 1 saturated heterocycles. The van der Waals surface area contributed by atoms with Gasteiger partial charge in [0.05, 0.1) is 6.61 Å². The van der Waals surface area contributed by atoms with E-state index in [2.05, 4.69) is 20.8 Å². The van der Waals surface area contributed by atoms with Crippen LogP contribution in [0.2, 0.25) is 0 Å². The minimum atomic E-state index is -0.00933. The first kappa shape index (κ1) is 15.3. The molecule has 1 heterocycles. The van der Waals surface area contributed by atoms with E-state index in [1.165, 1.54) is 32.1 Å². The standard InChI is InChI=1S/C15H26BrNO2/c1-2-19-14(18)13-7-3-6-10-17(13)12-15(11-16)8-4-5-9-15/h13H,2-12H2,1H3. The Bertz CT molecular complexity index is 303. The number of rotatable bonds is 5. The molecular weight excluding hydrogens is 306 g/mol. The summed E-state index contributed by atoms with van der Waals surface area (Å²) in [4.78, 5) is 14.5. The van der Waals surface area contributed by atoms with E-state index < -0.39 is 0 Å². The summed E-state index contributed by atoms with van der Waals surface area (Å²) in [5, 5.41) is 1.06. The number of halogens is 1. The van der Waals surface area contributed by atoms with E-state index in [0.29, 0.717) is 12.0 Å². The lowest BCUT2D eigenvalue weighted by Gasteiger charge is -2.40. The van der Waals surface area contributed by atoms with Crippen LogP contribution in [0.25, 0.3) is 0 Å². The average molecular weight is 332 g/mol. The van der Waals surface area contributed by atoms with Crippen LogP contribution in [0, 0.1) is 5.41 Å². The third kappa shape index (κ3) is 3.72. The van der Waals surface area contributed by atoms with Gasteiger partial charge in [-0.15, -0.1) is 0 Å². The number of carbonyl (C=O) groups excluding carboxylic acids is 1. The third-order valence-corrected chi connectivity index (χ3v) is 5.85. The fourth-order valence-electron chi connectivity index (χ4n) is 3.58. The Morgan fingerprint density at radius 2 is 2.05 bits per heavy atom. The highest BCUT2D eigenvalue weighted by atomic mass is 79.9. The summed E-state index contributed by atoms with van der Waals surface area (Å²) in [6, 6.07) is 0.00484. The quantitative estimate of drug-likeness (QED) is 0.571. The Morgan fingerprint density at radius 3 is 2.68 bits per heavy atom. The van der Waals surface area contributed by atoms with Gasteiger partial charge in [-0.1, -0.05) is 35.2 Å². The lowest BCUT2D eigenvalue weighted by molar-refractivity contribution is -0.151. The van der Waals surface area contributed by atoms with E-state index in [0.717, 1.165) is 31.3 Å². The van der Waals surface area contributed by atoms with Crippen molar-refractivity contribution in [3.05, 3.63) is 0 Å². The van der Waals surface area contributed by atoms with Gasteiger partial charge in [-0.25, -0.2) is 0 Å². The van der Waals surface area contributed by atoms with Crippen molar-refractivity contribution in [2.24, 2.45) is 5.41 Å². The lowest BCUT2D eigenvalue weighted by Crippen LogP contribution is -2.50. The first-order valence-electron chi connectivity index (χ1n) is 7.67. The molecule has 0 bridgehead atoms. The SMILES string of the molecule is CCOC(=O)C1CCCCN1CC1(CBr)CCCC1. The van der Waals surface area contributed by atoms with Crippen LogP contribution in [-0.2, 0) is 9.53 Å². The fraction of sp³-hybridized carbons (Fsp3) is 0.933. The van der Waals surface area contributed by atoms with Crippen LogP contribution in [0.3, 0.4) is 0 Å². The molecule has 4 heteroatoms. The molecule has 0 aromatic rings. The smallest absolute Gasteiger partial charge is 0.323 e. The second-order valence-electron chi connectivity index (χ2n) is 6.07. The molecule has 0 radical (unpaired) electrons. The van der Waals surface area contributed by atoms with Crippen molar-refractivity contribution in [1.29, 1.82) is 0 Å². The van der Waals surface area contributed by atoms with Crippen LogP contribution in [0.5, 0.6) is 0 Å². The van der Waals surface area contributed by atoms with Gasteiger partial charge in [0, 0.05) is 11.9 Å². The molecule has 0 spiro atoms. The molecule has 110 valence electrons. The topological polar surface area (TPSA) is 29.5 Å². The van der Waals surface area contributed by atoms with Crippen LogP contribution < -0.4 is 0 Å². The first-order valence-corrected chi connectivity index (χ1v) is 8.79. The number of hydrogen-bond acceptors (Lipinski definition) is 3. The Kier molecular flexibility index (Phi) is 5.70. The number of nitrogens with zero attached hydrogens (tertiary/aromatic N) is 1. The van der Waals surface area contributed by atoms with Crippen molar-refractivity contribution in [2.45, 2.75) is 57.9 Å². The van der Waals surface area contributed by atoms with Gasteiger partial charge >= 0.3 is 5.97 Å². The molecule has 2 fully saturated rings. The molecular formula is C15H26BrNO2. The van der Waals surface area contributed by atoms with Crippen molar-refractivity contribution in [3.8, 4) is 0 Å². The number of esters is 1. The number of ether oxygens (including phenoxy) is 1. The Balaban J connectivity index is 2.00. The van der Waals surface area contributed by atoms with Crippen molar-refractivity contribution in [1.82, 2.24) is 4.90 Å². The average Bonchev–Trinajstić information content (AvgIpc) is 2.89. The van der Waals surface area contributed by atoms with Gasteiger partial charge in [0.2, 0.25) is 0 Å². The summed E-state index contributed by atoms with van der Waals surface area (Å²) in [5.41, 5.74) is 0.391. The molecule has 1 atom stereocenters. The normalized spacial score (nSPS) is 27.4. The van der Waals surface area contributed by atoms with Crippen LogP contribution >= 0.6 is 15.9 Å². The molecule has 1 aliphatic heterocycles. The summed E-state index contributed by atoms with van der Waals surface area (Å²) in [5.74, 6) is -0.00933. The zero-order valence-corrected chi connectivity index (χ0v) is 13.6. The van der Waals surface area contributed by atoms with Crippen molar-refractivity contribution < 1.29 is 9.53 Å². The highest BCUT2D eigenvalue weighted by Crippen LogP contribution is 2.41. The summed E-state index contributed by atoms with van der Waals surface area (Å²) < 4.78 is 5.25. The Labute approximate surface area is 125 Å². The van der Waals surface area contributed by atoms with Gasteiger partial charge in [0.15, 0.2) is 0 Å². The van der Waals surface area contributed by atoms with E-state index in [1.807, 2.05) is 6.92 Å². The van der Waals surface area contributed by atoms with Crippen molar-refractivity contribution in [2.75, 3.05) is 25.0 Å². The summed E-state index contributed by atoms with van der Waals surface area (Å²) in [7, 11) is 0. The Morgan fingerprint density at radius 1 is 1.32 bits per heavy atom. The maximum absolute atomic E-state index is 12.1. The van der Waals surface area contributed by atoms with Gasteiger partial charge in [-0.05, 0) is 44.6 Å². The van der Waals surface area contributed by atoms with Gasteiger partial charge in [-0.3, -0.25) is 9.69 Å². The van der Waals surface area contributed by atoms with E-state index >= 15 is 0 Å². The second kappa shape index (κ2) is 7.07. The van der Waals surface area contributed by atoms with Crippen LogP contribution in [0.1, 0.15) is 51.9 Å². The molecule has 2 rings (SSSR count). The molecule has 0 N–H and O–H groups in total. The van der Waals surface area contributed by atoms with E-state index in [9.17, 15) is 4.79 Å². The first-order chi connectivity index (χ1) is 9.21. The molecule has 0 aromatic heterocycles. The van der Waals surface area contributed by atoms with Gasteiger partial charge in [0.25, 0.3) is 0 Å². The largest absolute Gasteiger partial charge is 0.465 e. The van der Waals surface area contributed by atoms with Crippen molar-refractivity contribution >= 4 is 21.9 Å².